The van der Waals surface area contributed by atoms with Gasteiger partial charge >= 0.3 is 0 Å². The van der Waals surface area contributed by atoms with Crippen LogP contribution in [0.4, 0.5) is 0 Å². The van der Waals surface area contributed by atoms with Crippen molar-refractivity contribution in [1.82, 2.24) is 10.3 Å². The summed E-state index contributed by atoms with van der Waals surface area (Å²) in [5.41, 5.74) is 4.86. The van der Waals surface area contributed by atoms with Crippen LogP contribution < -0.4 is 5.32 Å². The predicted octanol–water partition coefficient (Wildman–Crippen LogP) is 3.05. The quantitative estimate of drug-likeness (QED) is 0.834. The fourth-order valence-corrected chi connectivity index (χ4v) is 2.57. The van der Waals surface area contributed by atoms with Crippen molar-refractivity contribution >= 4 is 11.6 Å². The van der Waals surface area contributed by atoms with Crippen molar-refractivity contribution < 1.29 is 0 Å². The highest BCUT2D eigenvalue weighted by Gasteiger charge is 2.15. The van der Waals surface area contributed by atoms with Gasteiger partial charge in [-0.05, 0) is 48.4 Å². The molecule has 2 aromatic rings. The Morgan fingerprint density at radius 1 is 1.24 bits per heavy atom. The van der Waals surface area contributed by atoms with Gasteiger partial charge in [0.2, 0.25) is 0 Å². The van der Waals surface area contributed by atoms with Crippen molar-refractivity contribution in [3.05, 3.63) is 52.7 Å². The number of fused-ring (bicyclic) bond motifs is 1. The molecule has 0 aliphatic carbocycles. The lowest BCUT2D eigenvalue weighted by Gasteiger charge is -2.20. The lowest BCUT2D eigenvalue weighted by Crippen LogP contribution is -2.24. The fraction of sp³-hybridized carbons (Fsp3) is 0.214. The van der Waals surface area contributed by atoms with Gasteiger partial charge in [-0.3, -0.25) is 4.98 Å². The molecule has 0 unspecified atom stereocenters. The van der Waals surface area contributed by atoms with Crippen LogP contribution in [0.2, 0.25) is 5.02 Å². The van der Waals surface area contributed by atoms with E-state index in [4.69, 9.17) is 11.6 Å². The first-order valence-electron chi connectivity index (χ1n) is 5.78. The van der Waals surface area contributed by atoms with Crippen LogP contribution in [0.5, 0.6) is 0 Å². The van der Waals surface area contributed by atoms with Crippen LogP contribution in [-0.4, -0.2) is 11.5 Å². The van der Waals surface area contributed by atoms with Gasteiger partial charge in [0, 0.05) is 23.3 Å². The number of aromatic nitrogens is 1. The normalized spacial score (nSPS) is 14.4. The van der Waals surface area contributed by atoms with Crippen LogP contribution in [0.25, 0.3) is 11.3 Å². The minimum absolute atomic E-state index is 0.785. The number of benzene rings is 1. The van der Waals surface area contributed by atoms with E-state index in [1.807, 2.05) is 30.5 Å². The van der Waals surface area contributed by atoms with E-state index in [2.05, 4.69) is 16.4 Å². The van der Waals surface area contributed by atoms with Gasteiger partial charge < -0.3 is 5.32 Å². The summed E-state index contributed by atoms with van der Waals surface area (Å²) in [6.07, 6.45) is 2.86. The van der Waals surface area contributed by atoms with Gasteiger partial charge in [0.15, 0.2) is 0 Å². The van der Waals surface area contributed by atoms with E-state index < -0.39 is 0 Å². The molecular weight excluding hydrogens is 232 g/mol. The molecule has 0 saturated heterocycles. The van der Waals surface area contributed by atoms with Crippen molar-refractivity contribution in [3.8, 4) is 11.3 Å². The molecule has 0 radical (unpaired) electrons. The van der Waals surface area contributed by atoms with Gasteiger partial charge in [-0.2, -0.15) is 0 Å². The smallest absolute Gasteiger partial charge is 0.0705 e. The zero-order chi connectivity index (χ0) is 11.7. The Balaban J connectivity index is 2.19. The molecule has 2 heterocycles. The standard InChI is InChI=1S/C14H13ClN2/c15-11-7-10-9-16-6-4-12(10)13(8-11)14-3-1-2-5-17-14/h1-3,5,7-8,16H,4,6,9H2. The molecule has 0 fully saturated rings. The maximum absolute atomic E-state index is 6.18. The predicted molar refractivity (Wildman–Crippen MR) is 70.1 cm³/mol. The average Bonchev–Trinajstić information content (AvgIpc) is 2.39. The molecular formula is C14H13ClN2. The first-order chi connectivity index (χ1) is 8.34. The van der Waals surface area contributed by atoms with Gasteiger partial charge in [0.05, 0.1) is 5.69 Å². The third-order valence-electron chi connectivity index (χ3n) is 3.12. The molecule has 1 aliphatic rings. The summed E-state index contributed by atoms with van der Waals surface area (Å²) >= 11 is 6.18. The zero-order valence-corrected chi connectivity index (χ0v) is 10.2. The highest BCUT2D eigenvalue weighted by Crippen LogP contribution is 2.30. The number of hydrogen-bond acceptors (Lipinski definition) is 2. The van der Waals surface area contributed by atoms with E-state index in [1.165, 1.54) is 16.7 Å². The second-order valence-corrected chi connectivity index (χ2v) is 4.67. The lowest BCUT2D eigenvalue weighted by molar-refractivity contribution is 0.644. The van der Waals surface area contributed by atoms with Crippen molar-refractivity contribution in [1.29, 1.82) is 0 Å². The van der Waals surface area contributed by atoms with Crippen molar-refractivity contribution in [3.63, 3.8) is 0 Å². The van der Waals surface area contributed by atoms with E-state index in [1.54, 1.807) is 0 Å². The van der Waals surface area contributed by atoms with Gasteiger partial charge in [-0.15, -0.1) is 0 Å². The molecule has 1 aromatic heterocycles. The molecule has 1 N–H and O–H groups in total. The largest absolute Gasteiger partial charge is 0.312 e. The van der Waals surface area contributed by atoms with Crippen LogP contribution in [0, 0.1) is 0 Å². The number of pyridine rings is 1. The Labute approximate surface area is 106 Å². The van der Waals surface area contributed by atoms with Crippen LogP contribution in [0.3, 0.4) is 0 Å². The Bertz CT molecular complexity index is 537. The molecule has 0 saturated carbocycles. The van der Waals surface area contributed by atoms with E-state index in [0.29, 0.717) is 0 Å². The summed E-state index contributed by atoms with van der Waals surface area (Å²) in [6.45, 7) is 1.92. The molecule has 0 amide bonds. The monoisotopic (exact) mass is 244 g/mol. The van der Waals surface area contributed by atoms with E-state index >= 15 is 0 Å². The van der Waals surface area contributed by atoms with Crippen LogP contribution >= 0.6 is 11.6 Å². The Kier molecular flexibility index (Phi) is 2.83. The van der Waals surface area contributed by atoms with E-state index in [9.17, 15) is 0 Å². The van der Waals surface area contributed by atoms with Crippen molar-refractivity contribution in [2.75, 3.05) is 6.54 Å². The van der Waals surface area contributed by atoms with Crippen LogP contribution in [0.15, 0.2) is 36.5 Å². The minimum Gasteiger partial charge on any atom is -0.312 e. The summed E-state index contributed by atoms with van der Waals surface area (Å²) < 4.78 is 0. The second kappa shape index (κ2) is 4.47. The Morgan fingerprint density at radius 2 is 2.18 bits per heavy atom. The molecule has 17 heavy (non-hydrogen) atoms. The van der Waals surface area contributed by atoms with Gasteiger partial charge in [0.1, 0.15) is 0 Å². The van der Waals surface area contributed by atoms with E-state index in [0.717, 1.165) is 30.2 Å². The number of nitrogens with one attached hydrogen (secondary N) is 1. The number of nitrogens with zero attached hydrogens (tertiary/aromatic N) is 1. The molecule has 0 bridgehead atoms. The maximum Gasteiger partial charge on any atom is 0.0705 e. The van der Waals surface area contributed by atoms with Gasteiger partial charge in [-0.25, -0.2) is 0 Å². The minimum atomic E-state index is 0.785. The van der Waals surface area contributed by atoms with Gasteiger partial charge in [0.25, 0.3) is 0 Å². The molecule has 3 heteroatoms. The molecule has 1 aliphatic heterocycles. The maximum atomic E-state index is 6.18. The Hall–Kier alpha value is -1.38. The molecule has 3 rings (SSSR count). The molecule has 1 aromatic carbocycles. The number of rotatable bonds is 1. The molecule has 0 atom stereocenters. The summed E-state index contributed by atoms with van der Waals surface area (Å²) in [6, 6.07) is 10.1. The van der Waals surface area contributed by atoms with Crippen molar-refractivity contribution in [2.24, 2.45) is 0 Å². The first-order valence-corrected chi connectivity index (χ1v) is 6.16. The molecule has 86 valence electrons. The summed E-state index contributed by atoms with van der Waals surface area (Å²) in [4.78, 5) is 4.42. The molecule has 2 nitrogen and oxygen atoms in total. The zero-order valence-electron chi connectivity index (χ0n) is 9.41. The third kappa shape index (κ3) is 2.06. The SMILES string of the molecule is Clc1cc2c(c(-c3ccccn3)c1)CCNC2. The molecule has 0 spiro atoms. The van der Waals surface area contributed by atoms with Crippen LogP contribution in [-0.2, 0) is 13.0 Å². The Morgan fingerprint density at radius 3 is 3.00 bits per heavy atom. The second-order valence-electron chi connectivity index (χ2n) is 4.23. The first kappa shape index (κ1) is 10.8. The lowest BCUT2D eigenvalue weighted by atomic mass is 9.93. The van der Waals surface area contributed by atoms with Gasteiger partial charge in [-0.1, -0.05) is 17.7 Å². The number of halogens is 1. The van der Waals surface area contributed by atoms with Crippen LogP contribution in [0.1, 0.15) is 11.1 Å². The van der Waals surface area contributed by atoms with E-state index in [-0.39, 0.29) is 0 Å². The fourth-order valence-electron chi connectivity index (χ4n) is 2.33. The summed E-state index contributed by atoms with van der Waals surface area (Å²) in [5, 5.41) is 4.15. The number of hydrogen-bond donors (Lipinski definition) is 1. The average molecular weight is 245 g/mol. The third-order valence-corrected chi connectivity index (χ3v) is 3.33. The van der Waals surface area contributed by atoms with Crippen molar-refractivity contribution in [2.45, 2.75) is 13.0 Å². The highest BCUT2D eigenvalue weighted by molar-refractivity contribution is 6.31. The topological polar surface area (TPSA) is 24.9 Å². The highest BCUT2D eigenvalue weighted by atomic mass is 35.5. The summed E-state index contributed by atoms with van der Waals surface area (Å²) in [7, 11) is 0. The summed E-state index contributed by atoms with van der Waals surface area (Å²) in [5.74, 6) is 0.